The fourth-order valence-corrected chi connectivity index (χ4v) is 16.5. The number of aliphatic imine (C=N–C) groups is 5. The van der Waals surface area contributed by atoms with Gasteiger partial charge in [-0.3, -0.25) is 58.9 Å². The van der Waals surface area contributed by atoms with Gasteiger partial charge < -0.3 is 24.9 Å². The molecule has 22 nitrogen and oxygen atoms in total. The van der Waals surface area contributed by atoms with Crippen molar-refractivity contribution in [3.05, 3.63) is 423 Å². The number of aryl methyl sites for hydroxylation is 6. The molecule has 10 aromatic carbocycles. The second-order valence-corrected chi connectivity index (χ2v) is 32.5. The van der Waals surface area contributed by atoms with Crippen molar-refractivity contribution >= 4 is 145 Å². The summed E-state index contributed by atoms with van der Waals surface area (Å²) in [7, 11) is 0. The van der Waals surface area contributed by atoms with Crippen LogP contribution in [-0.4, -0.2) is 88.4 Å². The van der Waals surface area contributed by atoms with E-state index in [0.29, 0.717) is 82.3 Å². The van der Waals surface area contributed by atoms with Gasteiger partial charge in [0.1, 0.15) is 29.1 Å². The third kappa shape index (κ3) is 20.6. The summed E-state index contributed by atoms with van der Waals surface area (Å²) in [5.41, 5.74) is 21.6. The molecule has 0 radical (unpaired) electrons. The van der Waals surface area contributed by atoms with Crippen LogP contribution in [0.2, 0.25) is 5.02 Å². The maximum atomic E-state index is 12.2. The molecule has 12 heterocycles. The highest BCUT2D eigenvalue weighted by Crippen LogP contribution is 2.34. The lowest BCUT2D eigenvalue weighted by atomic mass is 10.0. The first kappa shape index (κ1) is 84.9. The summed E-state index contributed by atoms with van der Waals surface area (Å²) in [5, 5.41) is 7.41. The van der Waals surface area contributed by atoms with Crippen LogP contribution >= 0.6 is 11.6 Å². The first-order valence-corrected chi connectivity index (χ1v) is 43.9. The molecule has 17 aromatic rings. The van der Waals surface area contributed by atoms with Crippen LogP contribution in [0.1, 0.15) is 127 Å². The Morgan fingerprint density at radius 1 is 0.277 bits per heavy atom. The molecule has 0 fully saturated rings. The summed E-state index contributed by atoms with van der Waals surface area (Å²) in [4.78, 5) is 130. The Labute approximate surface area is 751 Å². The van der Waals surface area contributed by atoms with Crippen LogP contribution in [-0.2, 0) is 32.1 Å². The van der Waals surface area contributed by atoms with Crippen LogP contribution in [0.15, 0.2) is 353 Å². The molecule has 5 aliphatic rings. The van der Waals surface area contributed by atoms with Gasteiger partial charge in [0.15, 0.2) is 0 Å². The molecule has 0 spiro atoms. The Hall–Kier alpha value is -15.9. The molecular formula is C107H88ClN17O5. The quantitative estimate of drug-likeness (QED) is 0.0476. The maximum absolute atomic E-state index is 12.2. The molecule has 0 saturated carbocycles. The molecule has 0 atom stereocenters. The number of H-pyrrole nitrogens is 5. The number of allylic oxidation sites excluding steroid dienone is 5. The van der Waals surface area contributed by atoms with E-state index in [4.69, 9.17) is 31.6 Å². The fourth-order valence-electron chi connectivity index (χ4n) is 16.3. The van der Waals surface area contributed by atoms with Gasteiger partial charge in [-0.15, -0.1) is 0 Å². The van der Waals surface area contributed by atoms with Crippen molar-refractivity contribution < 1.29 is 0 Å². The Morgan fingerprint density at radius 3 is 1.00 bits per heavy atom. The highest BCUT2D eigenvalue weighted by atomic mass is 35.5. The summed E-state index contributed by atoms with van der Waals surface area (Å²) < 4.78 is 0. The molecule has 0 saturated heterocycles. The molecule has 0 aliphatic carbocycles. The maximum Gasteiger partial charge on any atom is 0.258 e. The zero-order chi connectivity index (χ0) is 88.7. The molecule has 130 heavy (non-hydrogen) atoms. The Balaban J connectivity index is 0.000000110. The van der Waals surface area contributed by atoms with Gasteiger partial charge in [0.25, 0.3) is 27.8 Å². The molecule has 0 unspecified atom stereocenters. The minimum absolute atomic E-state index is 0.0764. The molecule has 7 aromatic heterocycles. The number of aromatic nitrogens is 12. The number of fused-ring (bicyclic) bond motifs is 7. The van der Waals surface area contributed by atoms with E-state index in [-0.39, 0.29) is 27.8 Å². The van der Waals surface area contributed by atoms with Crippen LogP contribution in [0, 0.1) is 6.92 Å². The number of hydrogen-bond donors (Lipinski definition) is 5. The largest absolute Gasteiger partial charge is 0.310 e. The number of halogens is 1. The Kier molecular flexibility index (Phi) is 25.9. The van der Waals surface area contributed by atoms with Gasteiger partial charge >= 0.3 is 0 Å². The van der Waals surface area contributed by atoms with Crippen LogP contribution < -0.4 is 27.8 Å². The third-order valence-corrected chi connectivity index (χ3v) is 23.3. The number of hydrogen-bond acceptors (Lipinski definition) is 17. The summed E-state index contributed by atoms with van der Waals surface area (Å²) in [6.45, 7) is 2.09. The SMILES string of the molecule is Cc1cccc(C2=CCC(CCc3nc4ccccc4c(=O)[nH]3)=N2)c1.O=c1[nH]c(CCC2=NC(c3ccc(Cl)cc3)=CC2)nc2ccccc12.O=c1[nH]c(CCC2=NC(c3cccc4ccccc34)=CC2)nc2ccccc12.O=c1[nH]c(CCC2=NC(c3cccc4cccnc34)=CC2)nc2ccccc12.O=c1[nH]c(CCC2=NC(c3ccncc3)=CC2)nc2ccccc12. The number of rotatable bonds is 20. The number of benzene rings is 10. The van der Waals surface area contributed by atoms with Gasteiger partial charge in [0, 0.05) is 144 Å². The molecule has 5 N–H and O–H groups in total. The highest BCUT2D eigenvalue weighted by molar-refractivity contribution is 6.30. The smallest absolute Gasteiger partial charge is 0.258 e. The average Bonchev–Trinajstić information content (AvgIpc) is 1.63. The van der Waals surface area contributed by atoms with Crippen molar-refractivity contribution in [3.63, 3.8) is 0 Å². The van der Waals surface area contributed by atoms with E-state index < -0.39 is 0 Å². The number of nitrogens with one attached hydrogen (secondary N) is 5. The number of nitrogens with zero attached hydrogens (tertiary/aromatic N) is 12. The molecule has 22 rings (SSSR count). The molecule has 638 valence electrons. The van der Waals surface area contributed by atoms with Crippen molar-refractivity contribution in [1.82, 2.24) is 59.8 Å². The second-order valence-electron chi connectivity index (χ2n) is 32.0. The summed E-state index contributed by atoms with van der Waals surface area (Å²) in [6.07, 6.45) is 27.6. The lowest BCUT2D eigenvalue weighted by molar-refractivity contribution is 0.896. The second kappa shape index (κ2) is 39.7. The fraction of sp³-hybridized carbons (Fsp3) is 0.150. The van der Waals surface area contributed by atoms with Crippen molar-refractivity contribution in [3.8, 4) is 0 Å². The summed E-state index contributed by atoms with van der Waals surface area (Å²) in [5.74, 6) is 3.54. The summed E-state index contributed by atoms with van der Waals surface area (Å²) in [6, 6.07) is 81.9. The standard InChI is InChI=1S/C24H19N3O.C23H18N4O.C21H19N3O.C20H16ClN3O.C19H16N4O/c28-24-20-9-3-4-11-21(20)26-23(27-24)15-13-17-12-14-22(25-17)19-10-5-7-16-6-1-2-8-18(16)19;28-23-18-7-1-2-9-19(18)26-21(27-23)13-11-16-10-12-20(25-16)17-8-3-5-15-6-4-14-24-22(15)17;1-14-5-4-6-15(13-14)18-11-9-16(22-18)10-12-20-23-19-8-3-2-7-17(19)21(25)24-20;21-14-7-5-13(6-8-14)17-11-9-15(22-17)10-12-19-23-18-4-2-1-3-16(18)20(25)24-19;24-19-15-3-1-2-4-17(15)22-18(23-19)8-6-14-5-7-16(21-14)13-9-11-20-12-10-13/h1-11,14H,12-13,15H2,(H,26,27,28);1-9,12,14H,10-11,13H2,(H,26,27,28);2-8,11,13H,9-10,12H2,1H3,(H,23,24,25);1-8,11H,9-10,12H2,(H,23,24,25);1-4,7,9-12H,5-6,8H2,(H,22,23,24). The predicted octanol–water partition coefficient (Wildman–Crippen LogP) is 20.8. The minimum Gasteiger partial charge on any atom is -0.310 e. The number of aromatic amines is 5. The van der Waals surface area contributed by atoms with Crippen molar-refractivity contribution in [2.45, 2.75) is 103 Å². The molecule has 0 bridgehead atoms. The van der Waals surface area contributed by atoms with Crippen LogP contribution in [0.4, 0.5) is 0 Å². The van der Waals surface area contributed by atoms with E-state index >= 15 is 0 Å². The topological polar surface area (TPSA) is 316 Å². The van der Waals surface area contributed by atoms with E-state index in [1.54, 1.807) is 42.7 Å². The van der Waals surface area contributed by atoms with Gasteiger partial charge in [-0.25, -0.2) is 24.9 Å². The normalized spacial score (nSPS) is 13.8. The van der Waals surface area contributed by atoms with Crippen LogP contribution in [0.3, 0.4) is 0 Å². The molecule has 23 heteroatoms. The highest BCUT2D eigenvalue weighted by Gasteiger charge is 2.20. The van der Waals surface area contributed by atoms with Gasteiger partial charge in [-0.05, 0) is 152 Å². The zero-order valence-electron chi connectivity index (χ0n) is 71.3. The summed E-state index contributed by atoms with van der Waals surface area (Å²) >= 11 is 5.93. The van der Waals surface area contributed by atoms with E-state index in [1.165, 1.54) is 21.9 Å². The molecular weight excluding hydrogens is 1640 g/mol. The monoisotopic (exact) mass is 1730 g/mol. The lowest BCUT2D eigenvalue weighted by Gasteiger charge is -2.06. The third-order valence-electron chi connectivity index (χ3n) is 23.0. The van der Waals surface area contributed by atoms with Gasteiger partial charge in [-0.1, -0.05) is 205 Å². The van der Waals surface area contributed by atoms with Crippen molar-refractivity contribution in [1.29, 1.82) is 0 Å². The van der Waals surface area contributed by atoms with Gasteiger partial charge in [-0.2, -0.15) is 0 Å². The first-order chi connectivity index (χ1) is 63.7. The Bertz CT molecular complexity index is 7670. The average molecular weight is 1730 g/mol. The van der Waals surface area contributed by atoms with Crippen molar-refractivity contribution in [2.24, 2.45) is 25.0 Å². The van der Waals surface area contributed by atoms with E-state index in [2.05, 4.69) is 187 Å². The number of pyridine rings is 2. The first-order valence-electron chi connectivity index (χ1n) is 43.5. The zero-order valence-corrected chi connectivity index (χ0v) is 72.0. The minimum atomic E-state index is -0.0889. The predicted molar refractivity (Wildman–Crippen MR) is 526 cm³/mol. The van der Waals surface area contributed by atoms with Crippen molar-refractivity contribution in [2.75, 3.05) is 0 Å². The van der Waals surface area contributed by atoms with E-state index in [0.717, 1.165) is 193 Å². The van der Waals surface area contributed by atoms with Gasteiger partial charge in [0.2, 0.25) is 0 Å². The Morgan fingerprint density at radius 2 is 0.592 bits per heavy atom. The lowest BCUT2D eigenvalue weighted by Crippen LogP contribution is -2.12. The van der Waals surface area contributed by atoms with Crippen LogP contribution in [0.5, 0.6) is 0 Å². The molecule has 5 aliphatic heterocycles. The van der Waals surface area contributed by atoms with E-state index in [1.807, 2.05) is 146 Å². The van der Waals surface area contributed by atoms with Gasteiger partial charge in [0.05, 0.1) is 88.5 Å². The molecule has 0 amide bonds. The van der Waals surface area contributed by atoms with Crippen LogP contribution in [0.25, 0.3) is 105 Å². The van der Waals surface area contributed by atoms with E-state index in [9.17, 15) is 24.0 Å². The number of para-hydroxylation sites is 6.